The molecule has 0 spiro atoms. The highest BCUT2D eigenvalue weighted by molar-refractivity contribution is 5.87. The third-order valence-corrected chi connectivity index (χ3v) is 5.09. The van der Waals surface area contributed by atoms with Crippen LogP contribution in [0.25, 0.3) is 27.9 Å². The molecular formula is C21H20N4. The summed E-state index contributed by atoms with van der Waals surface area (Å²) in [5, 5.41) is 3.67. The summed E-state index contributed by atoms with van der Waals surface area (Å²) in [5.74, 6) is 1.91. The zero-order chi connectivity index (χ0) is 16.6. The molecule has 0 unspecified atom stereocenters. The molecule has 0 aliphatic heterocycles. The van der Waals surface area contributed by atoms with Gasteiger partial charge in [-0.05, 0) is 25.0 Å². The molecule has 1 saturated carbocycles. The highest BCUT2D eigenvalue weighted by atomic mass is 15.1. The van der Waals surface area contributed by atoms with Crippen molar-refractivity contribution in [3.63, 3.8) is 0 Å². The van der Waals surface area contributed by atoms with Gasteiger partial charge in [0.2, 0.25) is 0 Å². The van der Waals surface area contributed by atoms with E-state index in [2.05, 4.69) is 52.2 Å². The molecule has 0 bridgehead atoms. The average molecular weight is 328 g/mol. The minimum Gasteiger partial charge on any atom is -0.366 e. The third kappa shape index (κ3) is 2.45. The Kier molecular flexibility index (Phi) is 3.40. The molecule has 2 heterocycles. The van der Waals surface area contributed by atoms with Crippen LogP contribution in [0.5, 0.6) is 0 Å². The molecule has 1 aliphatic carbocycles. The van der Waals surface area contributed by atoms with Crippen LogP contribution in [-0.2, 0) is 0 Å². The lowest BCUT2D eigenvalue weighted by atomic mass is 10.2. The Morgan fingerprint density at radius 3 is 2.48 bits per heavy atom. The van der Waals surface area contributed by atoms with E-state index in [1.54, 1.807) is 0 Å². The molecule has 1 fully saturated rings. The Bertz CT molecular complexity index is 1030. The lowest BCUT2D eigenvalue weighted by Gasteiger charge is -2.15. The van der Waals surface area contributed by atoms with Crippen molar-refractivity contribution in [1.29, 1.82) is 0 Å². The summed E-state index contributed by atoms with van der Waals surface area (Å²) in [6.07, 6.45) is 6.99. The van der Waals surface area contributed by atoms with E-state index in [9.17, 15) is 0 Å². The van der Waals surface area contributed by atoms with Gasteiger partial charge in [0.1, 0.15) is 11.3 Å². The molecule has 4 aromatic rings. The summed E-state index contributed by atoms with van der Waals surface area (Å²) in [5.41, 5.74) is 4.24. The van der Waals surface area contributed by atoms with Crippen molar-refractivity contribution in [3.05, 3.63) is 60.8 Å². The Balaban J connectivity index is 1.76. The van der Waals surface area contributed by atoms with E-state index in [4.69, 9.17) is 9.97 Å². The minimum absolute atomic E-state index is 0.521. The monoisotopic (exact) mass is 328 g/mol. The van der Waals surface area contributed by atoms with Crippen LogP contribution >= 0.6 is 0 Å². The van der Waals surface area contributed by atoms with Gasteiger partial charge in [0.05, 0.1) is 17.2 Å². The van der Waals surface area contributed by atoms with Gasteiger partial charge in [-0.15, -0.1) is 0 Å². The lowest BCUT2D eigenvalue weighted by Crippen LogP contribution is -2.16. The SMILES string of the molecule is c1ccc(-c2ncc3c(NC4CCCC4)nc4ccccc4n23)cc1. The molecule has 25 heavy (non-hydrogen) atoms. The first-order chi connectivity index (χ1) is 12.4. The standard InChI is InChI=1S/C21H20N4/c1-2-8-15(9-3-1)21-22-14-19-20(23-16-10-4-5-11-16)24-17-12-6-7-13-18(17)25(19)21/h1-3,6-9,12-14,16H,4-5,10-11H2,(H,23,24). The maximum atomic E-state index is 4.90. The first-order valence-electron chi connectivity index (χ1n) is 8.98. The lowest BCUT2D eigenvalue weighted by molar-refractivity contribution is 0.752. The van der Waals surface area contributed by atoms with Crippen LogP contribution in [-0.4, -0.2) is 20.4 Å². The summed E-state index contributed by atoms with van der Waals surface area (Å²) < 4.78 is 2.23. The Labute approximate surface area is 146 Å². The number of hydrogen-bond donors (Lipinski definition) is 1. The smallest absolute Gasteiger partial charge is 0.152 e. The fourth-order valence-corrected chi connectivity index (χ4v) is 3.85. The summed E-state index contributed by atoms with van der Waals surface area (Å²) in [6, 6.07) is 19.2. The molecule has 5 rings (SSSR count). The van der Waals surface area contributed by atoms with Gasteiger partial charge >= 0.3 is 0 Å². The van der Waals surface area contributed by atoms with Crippen LogP contribution < -0.4 is 5.32 Å². The molecule has 1 N–H and O–H groups in total. The summed E-state index contributed by atoms with van der Waals surface area (Å²) in [4.78, 5) is 9.64. The van der Waals surface area contributed by atoms with Crippen LogP contribution in [0, 0.1) is 0 Å². The van der Waals surface area contributed by atoms with E-state index in [1.165, 1.54) is 25.7 Å². The predicted molar refractivity (Wildman–Crippen MR) is 102 cm³/mol. The second-order valence-corrected chi connectivity index (χ2v) is 6.74. The predicted octanol–water partition coefficient (Wildman–Crippen LogP) is 4.90. The molecule has 4 heteroatoms. The van der Waals surface area contributed by atoms with Crippen LogP contribution in [0.15, 0.2) is 60.8 Å². The minimum atomic E-state index is 0.521. The highest BCUT2D eigenvalue weighted by Crippen LogP contribution is 2.30. The van der Waals surface area contributed by atoms with Gasteiger partial charge in [-0.2, -0.15) is 0 Å². The van der Waals surface area contributed by atoms with Gasteiger partial charge in [-0.3, -0.25) is 4.40 Å². The molecule has 0 amide bonds. The maximum absolute atomic E-state index is 4.90. The molecule has 0 saturated heterocycles. The Hall–Kier alpha value is -2.88. The van der Waals surface area contributed by atoms with Crippen LogP contribution in [0.3, 0.4) is 0 Å². The number of anilines is 1. The zero-order valence-electron chi connectivity index (χ0n) is 14.0. The van der Waals surface area contributed by atoms with Crippen molar-refractivity contribution >= 4 is 22.4 Å². The molecule has 4 nitrogen and oxygen atoms in total. The summed E-state index contributed by atoms with van der Waals surface area (Å²) in [7, 11) is 0. The summed E-state index contributed by atoms with van der Waals surface area (Å²) in [6.45, 7) is 0. The van der Waals surface area contributed by atoms with Gasteiger partial charge < -0.3 is 5.32 Å². The fraction of sp³-hybridized carbons (Fsp3) is 0.238. The van der Waals surface area contributed by atoms with Crippen molar-refractivity contribution in [2.45, 2.75) is 31.7 Å². The third-order valence-electron chi connectivity index (χ3n) is 5.09. The molecule has 2 aromatic heterocycles. The van der Waals surface area contributed by atoms with Gasteiger partial charge in [0, 0.05) is 11.6 Å². The number of para-hydroxylation sites is 2. The van der Waals surface area contributed by atoms with Crippen molar-refractivity contribution < 1.29 is 0 Å². The van der Waals surface area contributed by atoms with Gasteiger partial charge in [-0.25, -0.2) is 9.97 Å². The number of rotatable bonds is 3. The molecule has 0 atom stereocenters. The van der Waals surface area contributed by atoms with Gasteiger partial charge in [0.15, 0.2) is 5.82 Å². The van der Waals surface area contributed by atoms with Crippen molar-refractivity contribution in [2.24, 2.45) is 0 Å². The number of nitrogens with zero attached hydrogens (tertiary/aromatic N) is 3. The van der Waals surface area contributed by atoms with E-state index in [-0.39, 0.29) is 0 Å². The van der Waals surface area contributed by atoms with Crippen LogP contribution in [0.2, 0.25) is 0 Å². The largest absolute Gasteiger partial charge is 0.366 e. The number of imidazole rings is 1. The first kappa shape index (κ1) is 14.5. The van der Waals surface area contributed by atoms with Gasteiger partial charge in [0.25, 0.3) is 0 Å². The normalized spacial score (nSPS) is 15.2. The zero-order valence-corrected chi connectivity index (χ0v) is 14.0. The maximum Gasteiger partial charge on any atom is 0.152 e. The number of fused-ring (bicyclic) bond motifs is 3. The Morgan fingerprint density at radius 2 is 1.64 bits per heavy atom. The van der Waals surface area contributed by atoms with E-state index < -0.39 is 0 Å². The average Bonchev–Trinajstić information content (AvgIpc) is 3.32. The topological polar surface area (TPSA) is 42.2 Å². The van der Waals surface area contributed by atoms with Crippen LogP contribution in [0.4, 0.5) is 5.82 Å². The molecule has 0 radical (unpaired) electrons. The highest BCUT2D eigenvalue weighted by Gasteiger charge is 2.19. The molecule has 1 aliphatic rings. The molecular weight excluding hydrogens is 308 g/mol. The number of nitrogens with one attached hydrogen (secondary N) is 1. The Morgan fingerprint density at radius 1 is 0.880 bits per heavy atom. The van der Waals surface area contributed by atoms with E-state index in [0.717, 1.165) is 33.8 Å². The van der Waals surface area contributed by atoms with Crippen molar-refractivity contribution in [3.8, 4) is 11.4 Å². The molecule has 124 valence electrons. The second-order valence-electron chi connectivity index (χ2n) is 6.74. The van der Waals surface area contributed by atoms with Crippen LogP contribution in [0.1, 0.15) is 25.7 Å². The summed E-state index contributed by atoms with van der Waals surface area (Å²) >= 11 is 0. The van der Waals surface area contributed by atoms with E-state index in [0.29, 0.717) is 6.04 Å². The van der Waals surface area contributed by atoms with Crippen molar-refractivity contribution in [1.82, 2.24) is 14.4 Å². The number of aromatic nitrogens is 3. The van der Waals surface area contributed by atoms with E-state index >= 15 is 0 Å². The van der Waals surface area contributed by atoms with Gasteiger partial charge in [-0.1, -0.05) is 55.3 Å². The van der Waals surface area contributed by atoms with Crippen molar-refractivity contribution in [2.75, 3.05) is 5.32 Å². The van der Waals surface area contributed by atoms with E-state index in [1.807, 2.05) is 18.3 Å². The first-order valence-corrected chi connectivity index (χ1v) is 8.98. The quantitative estimate of drug-likeness (QED) is 0.581. The number of benzene rings is 2. The fourth-order valence-electron chi connectivity index (χ4n) is 3.85. The molecule has 2 aromatic carbocycles. The number of hydrogen-bond acceptors (Lipinski definition) is 3. The second kappa shape index (κ2) is 5.88.